The first-order valence-electron chi connectivity index (χ1n) is 8.92. The molecule has 0 unspecified atom stereocenters. The normalized spacial score (nSPS) is 11.0. The van der Waals surface area contributed by atoms with Gasteiger partial charge in [0.2, 0.25) is 0 Å². The van der Waals surface area contributed by atoms with Crippen LogP contribution in [0.5, 0.6) is 5.75 Å². The molecule has 0 radical (unpaired) electrons. The summed E-state index contributed by atoms with van der Waals surface area (Å²) >= 11 is 0. The van der Waals surface area contributed by atoms with E-state index in [0.29, 0.717) is 24.3 Å². The SMILES string of the molecule is COc1cc(C(=O)O)ccc1CCNC(=O)c1cnc2c(cnn2C(C)C)c1. The van der Waals surface area contributed by atoms with Gasteiger partial charge in [0.05, 0.1) is 24.4 Å². The molecule has 8 heteroatoms. The highest BCUT2D eigenvalue weighted by atomic mass is 16.5. The average molecular weight is 382 g/mol. The third-order valence-corrected chi connectivity index (χ3v) is 4.40. The number of methoxy groups -OCH3 is 1. The van der Waals surface area contributed by atoms with E-state index < -0.39 is 5.97 Å². The Morgan fingerprint density at radius 3 is 2.68 bits per heavy atom. The van der Waals surface area contributed by atoms with Crippen LogP contribution >= 0.6 is 0 Å². The predicted molar refractivity (Wildman–Crippen MR) is 104 cm³/mol. The van der Waals surface area contributed by atoms with Gasteiger partial charge in [0, 0.05) is 24.2 Å². The molecule has 146 valence electrons. The molecule has 2 aromatic heterocycles. The van der Waals surface area contributed by atoms with Crippen LogP contribution in [0.4, 0.5) is 0 Å². The van der Waals surface area contributed by atoms with Crippen molar-refractivity contribution in [2.45, 2.75) is 26.3 Å². The first kappa shape index (κ1) is 19.3. The predicted octanol–water partition coefficient (Wildman–Crippen LogP) is 2.69. The van der Waals surface area contributed by atoms with Crippen molar-refractivity contribution in [1.82, 2.24) is 20.1 Å². The topological polar surface area (TPSA) is 106 Å². The second-order valence-electron chi connectivity index (χ2n) is 6.66. The lowest BCUT2D eigenvalue weighted by atomic mass is 10.1. The summed E-state index contributed by atoms with van der Waals surface area (Å²) in [6, 6.07) is 6.65. The number of carboxylic acids is 1. The largest absolute Gasteiger partial charge is 0.496 e. The number of hydrogen-bond acceptors (Lipinski definition) is 5. The Hall–Kier alpha value is -3.42. The van der Waals surface area contributed by atoms with Crippen molar-refractivity contribution < 1.29 is 19.4 Å². The Labute approximate surface area is 162 Å². The van der Waals surface area contributed by atoms with Gasteiger partial charge in [0.25, 0.3) is 5.91 Å². The lowest BCUT2D eigenvalue weighted by molar-refractivity contribution is 0.0696. The molecule has 1 aromatic carbocycles. The molecule has 0 saturated carbocycles. The van der Waals surface area contributed by atoms with E-state index in [0.717, 1.165) is 16.6 Å². The van der Waals surface area contributed by atoms with Crippen molar-refractivity contribution in [3.63, 3.8) is 0 Å². The molecule has 28 heavy (non-hydrogen) atoms. The quantitative estimate of drug-likeness (QED) is 0.651. The van der Waals surface area contributed by atoms with E-state index in [2.05, 4.69) is 15.4 Å². The summed E-state index contributed by atoms with van der Waals surface area (Å²) in [6.45, 7) is 4.42. The molecule has 0 aliphatic rings. The summed E-state index contributed by atoms with van der Waals surface area (Å²) < 4.78 is 7.06. The van der Waals surface area contributed by atoms with Crippen LogP contribution in [0.3, 0.4) is 0 Å². The van der Waals surface area contributed by atoms with Crippen LogP contribution in [-0.2, 0) is 6.42 Å². The zero-order chi connectivity index (χ0) is 20.3. The number of fused-ring (bicyclic) bond motifs is 1. The third-order valence-electron chi connectivity index (χ3n) is 4.40. The molecule has 0 saturated heterocycles. The number of aromatic carboxylic acids is 1. The molecule has 3 rings (SSSR count). The van der Waals surface area contributed by atoms with E-state index in [1.54, 1.807) is 24.5 Å². The number of pyridine rings is 1. The van der Waals surface area contributed by atoms with Gasteiger partial charge in [0.1, 0.15) is 5.75 Å². The van der Waals surface area contributed by atoms with E-state index in [1.807, 2.05) is 18.5 Å². The number of carbonyl (C=O) groups is 2. The number of ether oxygens (including phenoxy) is 1. The number of carbonyl (C=O) groups excluding carboxylic acids is 1. The summed E-state index contributed by atoms with van der Waals surface area (Å²) in [5, 5.41) is 17.0. The number of rotatable bonds is 7. The maximum atomic E-state index is 12.4. The number of aromatic nitrogens is 3. The minimum absolute atomic E-state index is 0.158. The fraction of sp³-hybridized carbons (Fsp3) is 0.300. The Morgan fingerprint density at radius 1 is 1.21 bits per heavy atom. The molecule has 0 bridgehead atoms. The van der Waals surface area contributed by atoms with Crippen molar-refractivity contribution >= 4 is 22.9 Å². The molecule has 0 aliphatic carbocycles. The van der Waals surface area contributed by atoms with Crippen molar-refractivity contribution in [2.75, 3.05) is 13.7 Å². The number of nitrogens with zero attached hydrogens (tertiary/aromatic N) is 3. The summed E-state index contributed by atoms with van der Waals surface area (Å²) in [4.78, 5) is 27.8. The van der Waals surface area contributed by atoms with Crippen LogP contribution in [-0.4, -0.2) is 45.4 Å². The lowest BCUT2D eigenvalue weighted by Gasteiger charge is -2.10. The van der Waals surface area contributed by atoms with Gasteiger partial charge < -0.3 is 15.2 Å². The second-order valence-corrected chi connectivity index (χ2v) is 6.66. The first-order chi connectivity index (χ1) is 13.4. The minimum atomic E-state index is -1.01. The highest BCUT2D eigenvalue weighted by molar-refractivity contribution is 5.96. The van der Waals surface area contributed by atoms with Crippen molar-refractivity contribution in [2.24, 2.45) is 0 Å². The number of hydrogen-bond donors (Lipinski definition) is 2. The smallest absolute Gasteiger partial charge is 0.335 e. The van der Waals surface area contributed by atoms with Gasteiger partial charge in [0.15, 0.2) is 5.65 Å². The molecule has 0 atom stereocenters. The molecule has 0 fully saturated rings. The summed E-state index contributed by atoms with van der Waals surface area (Å²) in [5.74, 6) is -0.756. The number of nitrogens with one attached hydrogen (secondary N) is 1. The molecule has 1 amide bonds. The Balaban J connectivity index is 1.66. The summed E-state index contributed by atoms with van der Waals surface area (Å²) in [7, 11) is 1.49. The maximum Gasteiger partial charge on any atom is 0.335 e. The molecule has 3 aromatic rings. The van der Waals surface area contributed by atoms with Gasteiger partial charge in [-0.15, -0.1) is 0 Å². The minimum Gasteiger partial charge on any atom is -0.496 e. The number of carboxylic acid groups (broad SMARTS) is 1. The Kier molecular flexibility index (Phi) is 5.58. The highest BCUT2D eigenvalue weighted by Crippen LogP contribution is 2.21. The Morgan fingerprint density at radius 2 is 2.00 bits per heavy atom. The zero-order valence-electron chi connectivity index (χ0n) is 16.0. The number of benzene rings is 1. The molecule has 2 N–H and O–H groups in total. The van der Waals surface area contributed by atoms with E-state index in [9.17, 15) is 9.59 Å². The maximum absolute atomic E-state index is 12.4. The van der Waals surface area contributed by atoms with E-state index in [1.165, 1.54) is 19.2 Å². The summed E-state index contributed by atoms with van der Waals surface area (Å²) in [5.41, 5.74) is 2.18. The average Bonchev–Trinajstić information content (AvgIpc) is 3.11. The van der Waals surface area contributed by atoms with Crippen LogP contribution in [0.2, 0.25) is 0 Å². The van der Waals surface area contributed by atoms with E-state index in [4.69, 9.17) is 9.84 Å². The molecule has 0 aliphatic heterocycles. The zero-order valence-corrected chi connectivity index (χ0v) is 16.0. The van der Waals surface area contributed by atoms with Gasteiger partial charge in [-0.25, -0.2) is 14.5 Å². The monoisotopic (exact) mass is 382 g/mol. The standard InChI is InChI=1S/C20H22N4O4/c1-12(2)24-18-15(11-23-24)8-16(10-22-18)19(25)21-7-6-13-4-5-14(20(26)27)9-17(13)28-3/h4-5,8-12H,6-7H2,1-3H3,(H,21,25)(H,26,27). The van der Waals surface area contributed by atoms with E-state index in [-0.39, 0.29) is 17.5 Å². The van der Waals surface area contributed by atoms with Crippen LogP contribution in [0.25, 0.3) is 11.0 Å². The van der Waals surface area contributed by atoms with Crippen LogP contribution in [0.15, 0.2) is 36.7 Å². The van der Waals surface area contributed by atoms with Crippen LogP contribution in [0.1, 0.15) is 46.2 Å². The fourth-order valence-electron chi connectivity index (χ4n) is 2.94. The van der Waals surface area contributed by atoms with Crippen molar-refractivity contribution in [3.05, 3.63) is 53.3 Å². The molecule has 2 heterocycles. The van der Waals surface area contributed by atoms with Gasteiger partial charge >= 0.3 is 5.97 Å². The van der Waals surface area contributed by atoms with Gasteiger partial charge in [-0.3, -0.25) is 4.79 Å². The number of amides is 1. The van der Waals surface area contributed by atoms with Gasteiger partial charge in [-0.05, 0) is 44.0 Å². The van der Waals surface area contributed by atoms with Crippen LogP contribution < -0.4 is 10.1 Å². The van der Waals surface area contributed by atoms with Crippen molar-refractivity contribution in [1.29, 1.82) is 0 Å². The molecule has 0 spiro atoms. The van der Waals surface area contributed by atoms with E-state index >= 15 is 0 Å². The Bertz CT molecular complexity index is 1030. The highest BCUT2D eigenvalue weighted by Gasteiger charge is 2.13. The lowest BCUT2D eigenvalue weighted by Crippen LogP contribution is -2.26. The van der Waals surface area contributed by atoms with Gasteiger partial charge in [-0.2, -0.15) is 5.10 Å². The summed E-state index contributed by atoms with van der Waals surface area (Å²) in [6.07, 6.45) is 3.75. The first-order valence-corrected chi connectivity index (χ1v) is 8.92. The molecule has 8 nitrogen and oxygen atoms in total. The molecular formula is C20H22N4O4. The third kappa shape index (κ3) is 3.95. The fourth-order valence-corrected chi connectivity index (χ4v) is 2.94. The van der Waals surface area contributed by atoms with Crippen LogP contribution in [0, 0.1) is 0 Å². The second kappa shape index (κ2) is 8.08. The van der Waals surface area contributed by atoms with Gasteiger partial charge in [-0.1, -0.05) is 6.07 Å². The molecular weight excluding hydrogens is 360 g/mol. The van der Waals surface area contributed by atoms with Crippen molar-refractivity contribution in [3.8, 4) is 5.75 Å².